The maximum absolute atomic E-state index is 13.4. The molecule has 1 aromatic heterocycles. The predicted molar refractivity (Wildman–Crippen MR) is 78.7 cm³/mol. The number of halogens is 3. The van der Waals surface area contributed by atoms with E-state index in [1.165, 1.54) is 15.8 Å². The fourth-order valence-corrected chi connectivity index (χ4v) is 4.72. The third kappa shape index (κ3) is 2.98. The molecule has 0 spiro atoms. The SMILES string of the molecule is Cc1cc(F)cc(C(Br)c2sc(C)cc2Br)c1. The number of alkyl halides is 1. The molecule has 0 radical (unpaired) electrons. The molecule has 0 fully saturated rings. The van der Waals surface area contributed by atoms with Gasteiger partial charge in [-0.15, -0.1) is 11.3 Å². The largest absolute Gasteiger partial charge is 0.207 e. The van der Waals surface area contributed by atoms with Gasteiger partial charge in [-0.05, 0) is 59.1 Å². The van der Waals surface area contributed by atoms with Crippen molar-refractivity contribution in [1.29, 1.82) is 0 Å². The minimum absolute atomic E-state index is 0.0324. The average molecular weight is 378 g/mol. The molecule has 0 aliphatic rings. The Kier molecular flexibility index (Phi) is 4.06. The fourth-order valence-electron chi connectivity index (χ4n) is 1.74. The molecule has 1 heterocycles. The lowest BCUT2D eigenvalue weighted by Crippen LogP contribution is -1.93. The van der Waals surface area contributed by atoms with E-state index in [2.05, 4.69) is 44.8 Å². The highest BCUT2D eigenvalue weighted by atomic mass is 79.9. The first-order valence-electron chi connectivity index (χ1n) is 5.14. The van der Waals surface area contributed by atoms with E-state index >= 15 is 0 Å². The predicted octanol–water partition coefficient (Wildman–Crippen LogP) is 5.75. The van der Waals surface area contributed by atoms with Crippen LogP contribution < -0.4 is 0 Å². The van der Waals surface area contributed by atoms with Gasteiger partial charge in [-0.25, -0.2) is 4.39 Å². The lowest BCUT2D eigenvalue weighted by molar-refractivity contribution is 0.624. The summed E-state index contributed by atoms with van der Waals surface area (Å²) in [5, 5.41) is 0. The fraction of sp³-hybridized carbons (Fsp3) is 0.231. The zero-order valence-corrected chi connectivity index (χ0v) is 13.4. The standard InChI is InChI=1S/C13H11Br2FS/c1-7-3-9(6-10(16)4-7)12(15)13-11(14)5-8(2)17-13/h3-6,12H,1-2H3. The van der Waals surface area contributed by atoms with E-state index in [1.807, 2.05) is 13.0 Å². The van der Waals surface area contributed by atoms with Crippen molar-refractivity contribution in [3.05, 3.63) is 55.4 Å². The topological polar surface area (TPSA) is 0 Å². The summed E-state index contributed by atoms with van der Waals surface area (Å²) in [6.07, 6.45) is 0. The van der Waals surface area contributed by atoms with Gasteiger partial charge in [-0.2, -0.15) is 0 Å². The second kappa shape index (κ2) is 5.21. The van der Waals surface area contributed by atoms with Crippen molar-refractivity contribution in [2.45, 2.75) is 18.7 Å². The van der Waals surface area contributed by atoms with Crippen LogP contribution in [0.1, 0.15) is 25.7 Å². The second-order valence-corrected chi connectivity index (χ2v) is 7.05. The lowest BCUT2D eigenvalue weighted by Gasteiger charge is -2.10. The molecule has 17 heavy (non-hydrogen) atoms. The minimum atomic E-state index is -0.186. The van der Waals surface area contributed by atoms with Gasteiger partial charge >= 0.3 is 0 Å². The molecular weight excluding hydrogens is 367 g/mol. The maximum Gasteiger partial charge on any atom is 0.123 e. The number of hydrogen-bond acceptors (Lipinski definition) is 1. The summed E-state index contributed by atoms with van der Waals surface area (Å²) in [7, 11) is 0. The van der Waals surface area contributed by atoms with Crippen molar-refractivity contribution in [3.8, 4) is 0 Å². The van der Waals surface area contributed by atoms with Crippen LogP contribution in [0.15, 0.2) is 28.7 Å². The number of rotatable bonds is 2. The first kappa shape index (κ1) is 13.2. The third-order valence-electron chi connectivity index (χ3n) is 2.42. The molecule has 0 N–H and O–H groups in total. The smallest absolute Gasteiger partial charge is 0.123 e. The van der Waals surface area contributed by atoms with Crippen LogP contribution in [0.3, 0.4) is 0 Å². The van der Waals surface area contributed by atoms with Gasteiger partial charge in [0.25, 0.3) is 0 Å². The molecule has 0 saturated carbocycles. The summed E-state index contributed by atoms with van der Waals surface area (Å²) in [6, 6.07) is 7.20. The average Bonchev–Trinajstić information content (AvgIpc) is 2.55. The van der Waals surface area contributed by atoms with E-state index in [4.69, 9.17) is 0 Å². The molecule has 1 aromatic carbocycles. The Morgan fingerprint density at radius 1 is 1.18 bits per heavy atom. The van der Waals surface area contributed by atoms with Crippen LogP contribution in [-0.2, 0) is 0 Å². The highest BCUT2D eigenvalue weighted by Gasteiger charge is 2.17. The van der Waals surface area contributed by atoms with Crippen LogP contribution >= 0.6 is 43.2 Å². The Balaban J connectivity index is 2.43. The monoisotopic (exact) mass is 376 g/mol. The summed E-state index contributed by atoms with van der Waals surface area (Å²) in [4.78, 5) is 2.45. The maximum atomic E-state index is 13.4. The number of hydrogen-bond donors (Lipinski definition) is 0. The summed E-state index contributed by atoms with van der Waals surface area (Å²) < 4.78 is 14.5. The first-order valence-corrected chi connectivity index (χ1v) is 7.67. The molecule has 1 unspecified atom stereocenters. The summed E-state index contributed by atoms with van der Waals surface area (Å²) in [6.45, 7) is 3.97. The molecule has 1 atom stereocenters. The van der Waals surface area contributed by atoms with Crippen LogP contribution in [0.2, 0.25) is 0 Å². The van der Waals surface area contributed by atoms with Gasteiger partial charge in [0.15, 0.2) is 0 Å². The van der Waals surface area contributed by atoms with E-state index in [9.17, 15) is 4.39 Å². The quantitative estimate of drug-likeness (QED) is 0.584. The molecular formula is C13H11Br2FS. The molecule has 90 valence electrons. The minimum Gasteiger partial charge on any atom is -0.207 e. The van der Waals surface area contributed by atoms with Crippen molar-refractivity contribution in [1.82, 2.24) is 0 Å². The van der Waals surface area contributed by atoms with Gasteiger partial charge in [-0.1, -0.05) is 22.0 Å². The zero-order valence-electron chi connectivity index (χ0n) is 9.43. The Morgan fingerprint density at radius 2 is 1.88 bits per heavy atom. The third-order valence-corrected chi connectivity index (χ3v) is 5.75. The summed E-state index contributed by atoms with van der Waals surface area (Å²) in [5.74, 6) is -0.186. The van der Waals surface area contributed by atoms with Crippen molar-refractivity contribution < 1.29 is 4.39 Å². The Morgan fingerprint density at radius 3 is 2.41 bits per heavy atom. The molecule has 2 rings (SSSR count). The van der Waals surface area contributed by atoms with Crippen molar-refractivity contribution in [2.75, 3.05) is 0 Å². The van der Waals surface area contributed by atoms with Gasteiger partial charge in [0.2, 0.25) is 0 Å². The molecule has 0 saturated heterocycles. The van der Waals surface area contributed by atoms with Crippen LogP contribution in [0, 0.1) is 19.7 Å². The van der Waals surface area contributed by atoms with Gasteiger partial charge in [0, 0.05) is 14.2 Å². The van der Waals surface area contributed by atoms with Crippen molar-refractivity contribution in [3.63, 3.8) is 0 Å². The first-order chi connectivity index (χ1) is 7.97. The molecule has 4 heteroatoms. The number of thiophene rings is 1. The van der Waals surface area contributed by atoms with E-state index in [0.29, 0.717) is 0 Å². The lowest BCUT2D eigenvalue weighted by atomic mass is 10.1. The van der Waals surface area contributed by atoms with Gasteiger partial charge in [-0.3, -0.25) is 0 Å². The van der Waals surface area contributed by atoms with Crippen LogP contribution in [0.5, 0.6) is 0 Å². The van der Waals surface area contributed by atoms with Gasteiger partial charge in [0.05, 0.1) is 4.83 Å². The Hall–Kier alpha value is -0.190. The normalized spacial score (nSPS) is 12.8. The highest BCUT2D eigenvalue weighted by Crippen LogP contribution is 2.40. The van der Waals surface area contributed by atoms with Gasteiger partial charge < -0.3 is 0 Å². The second-order valence-electron chi connectivity index (χ2n) is 3.99. The van der Waals surface area contributed by atoms with Crippen molar-refractivity contribution in [2.24, 2.45) is 0 Å². The zero-order chi connectivity index (χ0) is 12.6. The molecule has 0 aliphatic carbocycles. The molecule has 0 aliphatic heterocycles. The number of aryl methyl sites for hydroxylation is 2. The van der Waals surface area contributed by atoms with Crippen molar-refractivity contribution >= 4 is 43.2 Å². The molecule has 0 nitrogen and oxygen atoms in total. The molecule has 0 bridgehead atoms. The van der Waals surface area contributed by atoms with E-state index < -0.39 is 0 Å². The highest BCUT2D eigenvalue weighted by molar-refractivity contribution is 9.11. The van der Waals surface area contributed by atoms with Crippen LogP contribution in [0.4, 0.5) is 4.39 Å². The number of benzene rings is 1. The Labute approximate surface area is 121 Å². The van der Waals surface area contributed by atoms with Gasteiger partial charge in [0.1, 0.15) is 5.82 Å². The van der Waals surface area contributed by atoms with E-state index in [-0.39, 0.29) is 10.6 Å². The summed E-state index contributed by atoms with van der Waals surface area (Å²) in [5.41, 5.74) is 1.89. The van der Waals surface area contributed by atoms with E-state index in [1.54, 1.807) is 17.4 Å². The van der Waals surface area contributed by atoms with Crippen LogP contribution in [0.25, 0.3) is 0 Å². The molecule has 0 amide bonds. The van der Waals surface area contributed by atoms with E-state index in [0.717, 1.165) is 15.6 Å². The Bertz CT molecular complexity index is 528. The van der Waals surface area contributed by atoms with Crippen LogP contribution in [-0.4, -0.2) is 0 Å². The summed E-state index contributed by atoms with van der Waals surface area (Å²) >= 11 is 8.89. The molecule has 2 aromatic rings.